The minimum absolute atomic E-state index is 0.0969. The minimum atomic E-state index is 0.0969. The second-order valence-electron chi connectivity index (χ2n) is 4.88. The molecule has 0 amide bonds. The van der Waals surface area contributed by atoms with Crippen LogP contribution in [0.1, 0.15) is 45.1 Å². The van der Waals surface area contributed by atoms with E-state index in [1.807, 2.05) is 0 Å². The highest BCUT2D eigenvalue weighted by Gasteiger charge is 2.34. The van der Waals surface area contributed by atoms with Gasteiger partial charge in [0.2, 0.25) is 0 Å². The van der Waals surface area contributed by atoms with Gasteiger partial charge in [-0.1, -0.05) is 32.8 Å². The zero-order chi connectivity index (χ0) is 11.6. The lowest BCUT2D eigenvalue weighted by Gasteiger charge is -2.30. The molecule has 0 unspecified atom stereocenters. The predicted octanol–water partition coefficient (Wildman–Crippen LogP) is 4.13. The molecule has 1 aliphatic rings. The van der Waals surface area contributed by atoms with Gasteiger partial charge in [0, 0.05) is 0 Å². The normalized spacial score (nSPS) is 16.4. The molecule has 16 heavy (non-hydrogen) atoms. The number of fused-ring (bicyclic) bond motifs is 1. The summed E-state index contributed by atoms with van der Waals surface area (Å²) < 4.78 is 0. The molecular weight excluding hydrogens is 196 g/mol. The molecule has 88 valence electrons. The fourth-order valence-electron chi connectivity index (χ4n) is 2.65. The summed E-state index contributed by atoms with van der Waals surface area (Å²) in [7, 11) is 0. The van der Waals surface area contributed by atoms with Crippen molar-refractivity contribution >= 4 is 11.4 Å². The number of hydrogen-bond donors (Lipinski definition) is 2. The Bertz CT molecular complexity index is 365. The highest BCUT2D eigenvalue weighted by Crippen LogP contribution is 2.38. The Kier molecular flexibility index (Phi) is 3.08. The summed E-state index contributed by atoms with van der Waals surface area (Å²) in [4.78, 5) is 0. The highest BCUT2D eigenvalue weighted by molar-refractivity contribution is 5.76. The quantitative estimate of drug-likeness (QED) is 0.794. The van der Waals surface area contributed by atoms with Gasteiger partial charge in [-0.2, -0.15) is 0 Å². The van der Waals surface area contributed by atoms with E-state index in [9.17, 15) is 0 Å². The van der Waals surface area contributed by atoms with Crippen LogP contribution < -0.4 is 10.6 Å². The third-order valence-corrected chi connectivity index (χ3v) is 3.28. The third kappa shape index (κ3) is 2.01. The number of anilines is 2. The Hall–Kier alpha value is -1.18. The van der Waals surface area contributed by atoms with Crippen LogP contribution in [0.2, 0.25) is 0 Å². The van der Waals surface area contributed by atoms with Crippen molar-refractivity contribution in [1.29, 1.82) is 0 Å². The van der Waals surface area contributed by atoms with E-state index in [1.54, 1.807) is 0 Å². The van der Waals surface area contributed by atoms with Gasteiger partial charge in [-0.25, -0.2) is 0 Å². The fourth-order valence-corrected chi connectivity index (χ4v) is 2.65. The van der Waals surface area contributed by atoms with Gasteiger partial charge in [0.15, 0.2) is 0 Å². The molecule has 0 fully saturated rings. The molecule has 0 aliphatic carbocycles. The topological polar surface area (TPSA) is 24.1 Å². The van der Waals surface area contributed by atoms with E-state index in [1.165, 1.54) is 42.6 Å². The average Bonchev–Trinajstić information content (AvgIpc) is 2.56. The summed E-state index contributed by atoms with van der Waals surface area (Å²) >= 11 is 0. The summed E-state index contributed by atoms with van der Waals surface area (Å²) in [6.07, 6.45) is 4.75. The molecule has 0 spiro atoms. The molecule has 2 nitrogen and oxygen atoms in total. The van der Waals surface area contributed by atoms with E-state index in [2.05, 4.69) is 49.6 Å². The second-order valence-corrected chi connectivity index (χ2v) is 4.88. The van der Waals surface area contributed by atoms with Crippen LogP contribution in [-0.2, 0) is 0 Å². The minimum Gasteiger partial charge on any atom is -0.361 e. The molecule has 1 aliphatic heterocycles. The van der Waals surface area contributed by atoms with Gasteiger partial charge in [0.25, 0.3) is 0 Å². The van der Waals surface area contributed by atoms with Gasteiger partial charge in [0.05, 0.1) is 11.4 Å². The maximum Gasteiger partial charge on any atom is 0.108 e. The molecule has 1 heterocycles. The summed E-state index contributed by atoms with van der Waals surface area (Å²) in [6, 6.07) is 6.58. The van der Waals surface area contributed by atoms with Gasteiger partial charge in [-0.15, -0.1) is 0 Å². The predicted molar refractivity (Wildman–Crippen MR) is 71.0 cm³/mol. The third-order valence-electron chi connectivity index (χ3n) is 3.28. The zero-order valence-electron chi connectivity index (χ0n) is 10.6. The smallest absolute Gasteiger partial charge is 0.108 e. The van der Waals surface area contributed by atoms with Crippen LogP contribution in [-0.4, -0.2) is 5.66 Å². The van der Waals surface area contributed by atoms with Gasteiger partial charge in [-0.05, 0) is 37.5 Å². The Morgan fingerprint density at radius 2 is 1.62 bits per heavy atom. The van der Waals surface area contributed by atoms with E-state index < -0.39 is 0 Å². The van der Waals surface area contributed by atoms with Crippen LogP contribution in [0, 0.1) is 6.92 Å². The number of benzene rings is 1. The van der Waals surface area contributed by atoms with Crippen molar-refractivity contribution < 1.29 is 0 Å². The van der Waals surface area contributed by atoms with Crippen molar-refractivity contribution in [1.82, 2.24) is 0 Å². The lowest BCUT2D eigenvalue weighted by molar-refractivity contribution is 0.452. The first-order chi connectivity index (χ1) is 7.69. The van der Waals surface area contributed by atoms with Crippen molar-refractivity contribution in [3.8, 4) is 0 Å². The van der Waals surface area contributed by atoms with Crippen molar-refractivity contribution in [3.63, 3.8) is 0 Å². The molecule has 0 radical (unpaired) electrons. The molecule has 0 bridgehead atoms. The average molecular weight is 218 g/mol. The Morgan fingerprint density at radius 3 is 2.25 bits per heavy atom. The fraction of sp³-hybridized carbons (Fsp3) is 0.571. The van der Waals surface area contributed by atoms with E-state index in [-0.39, 0.29) is 5.66 Å². The van der Waals surface area contributed by atoms with Gasteiger partial charge >= 0.3 is 0 Å². The van der Waals surface area contributed by atoms with Crippen LogP contribution in [0.3, 0.4) is 0 Å². The number of nitrogens with one attached hydrogen (secondary N) is 2. The second kappa shape index (κ2) is 4.36. The molecule has 1 aromatic rings. The molecule has 0 saturated carbocycles. The van der Waals surface area contributed by atoms with Crippen LogP contribution in [0.4, 0.5) is 11.4 Å². The van der Waals surface area contributed by atoms with Crippen LogP contribution in [0.25, 0.3) is 0 Å². The summed E-state index contributed by atoms with van der Waals surface area (Å²) in [5, 5.41) is 7.35. The summed E-state index contributed by atoms with van der Waals surface area (Å²) in [6.45, 7) is 6.63. The largest absolute Gasteiger partial charge is 0.361 e. The molecule has 2 rings (SSSR count). The first kappa shape index (κ1) is 11.3. The molecule has 0 saturated heterocycles. The van der Waals surface area contributed by atoms with Crippen LogP contribution >= 0.6 is 0 Å². The van der Waals surface area contributed by atoms with Crippen LogP contribution in [0.5, 0.6) is 0 Å². The van der Waals surface area contributed by atoms with Gasteiger partial charge in [0.1, 0.15) is 5.66 Å². The van der Waals surface area contributed by atoms with Crippen molar-refractivity contribution in [2.24, 2.45) is 0 Å². The standard InChI is InChI=1S/C14H22N2/c1-4-8-14(9-5-2)15-12-7-6-11(3)10-13(12)16-14/h6-7,10,15-16H,4-5,8-9H2,1-3H3. The maximum atomic E-state index is 3.68. The first-order valence-corrected chi connectivity index (χ1v) is 6.36. The lowest BCUT2D eigenvalue weighted by Crippen LogP contribution is -2.41. The van der Waals surface area contributed by atoms with Gasteiger partial charge in [-0.3, -0.25) is 0 Å². The van der Waals surface area contributed by atoms with E-state index >= 15 is 0 Å². The number of hydrogen-bond acceptors (Lipinski definition) is 2. The molecule has 0 aromatic heterocycles. The summed E-state index contributed by atoms with van der Waals surface area (Å²) in [5.41, 5.74) is 3.94. The first-order valence-electron chi connectivity index (χ1n) is 6.36. The monoisotopic (exact) mass is 218 g/mol. The van der Waals surface area contributed by atoms with E-state index in [0.717, 1.165) is 0 Å². The molecule has 2 heteroatoms. The van der Waals surface area contributed by atoms with Crippen LogP contribution in [0.15, 0.2) is 18.2 Å². The van der Waals surface area contributed by atoms with Crippen molar-refractivity contribution in [2.75, 3.05) is 10.6 Å². The molecule has 0 atom stereocenters. The summed E-state index contributed by atoms with van der Waals surface area (Å²) in [5.74, 6) is 0. The molecule has 1 aromatic carbocycles. The van der Waals surface area contributed by atoms with Crippen molar-refractivity contribution in [2.45, 2.75) is 52.1 Å². The maximum absolute atomic E-state index is 3.68. The Labute approximate surface area is 98.4 Å². The molecular formula is C14H22N2. The van der Waals surface area contributed by atoms with Crippen molar-refractivity contribution in [3.05, 3.63) is 23.8 Å². The number of rotatable bonds is 4. The van der Waals surface area contributed by atoms with Gasteiger partial charge < -0.3 is 10.6 Å². The Balaban J connectivity index is 2.23. The lowest BCUT2D eigenvalue weighted by atomic mass is 9.99. The highest BCUT2D eigenvalue weighted by atomic mass is 15.3. The number of aryl methyl sites for hydroxylation is 1. The Morgan fingerprint density at radius 1 is 1.00 bits per heavy atom. The SMILES string of the molecule is CCCC1(CCC)Nc2ccc(C)cc2N1. The van der Waals surface area contributed by atoms with E-state index in [0.29, 0.717) is 0 Å². The zero-order valence-corrected chi connectivity index (χ0v) is 10.6. The molecule has 2 N–H and O–H groups in total. The van der Waals surface area contributed by atoms with E-state index in [4.69, 9.17) is 0 Å².